The summed E-state index contributed by atoms with van der Waals surface area (Å²) in [6, 6.07) is 4.41. The fourth-order valence-electron chi connectivity index (χ4n) is 3.82. The van der Waals surface area contributed by atoms with Gasteiger partial charge in [-0.3, -0.25) is 14.4 Å². The van der Waals surface area contributed by atoms with Crippen LogP contribution >= 0.6 is 22.6 Å². The molecule has 11 nitrogen and oxygen atoms in total. The lowest BCUT2D eigenvalue weighted by molar-refractivity contribution is -0.158. The number of hydrogen-bond acceptors (Lipinski definition) is 8. The SMILES string of the molecule is CC(=O)[C@H](CCCCNC(=O)[C@@H](N)Cc1ccccc1I)NC(=O)N[C@@H](CCC(=O)OC(C)(C)C)C(=O)OC(C)(C)C. The molecule has 0 spiro atoms. The summed E-state index contributed by atoms with van der Waals surface area (Å²) < 4.78 is 11.8. The molecule has 0 aliphatic carbocycles. The van der Waals surface area contributed by atoms with Crippen molar-refractivity contribution in [3.63, 3.8) is 0 Å². The van der Waals surface area contributed by atoms with E-state index in [1.807, 2.05) is 24.3 Å². The van der Waals surface area contributed by atoms with Crippen molar-refractivity contribution in [2.75, 3.05) is 6.54 Å². The number of unbranched alkanes of at least 4 members (excludes halogenated alkanes) is 1. The molecule has 42 heavy (non-hydrogen) atoms. The molecule has 0 unspecified atom stereocenters. The predicted octanol–water partition coefficient (Wildman–Crippen LogP) is 3.54. The summed E-state index contributed by atoms with van der Waals surface area (Å²) >= 11 is 2.21. The Bertz CT molecular complexity index is 1080. The first-order valence-corrected chi connectivity index (χ1v) is 15.2. The second-order valence-corrected chi connectivity index (χ2v) is 13.3. The van der Waals surface area contributed by atoms with Gasteiger partial charge in [0, 0.05) is 16.5 Å². The number of urea groups is 1. The third-order valence-corrected chi connectivity index (χ3v) is 6.86. The number of hydrogen-bond donors (Lipinski definition) is 4. The molecule has 0 heterocycles. The quantitative estimate of drug-likeness (QED) is 0.122. The van der Waals surface area contributed by atoms with E-state index in [0.717, 1.165) is 9.13 Å². The van der Waals surface area contributed by atoms with Crippen molar-refractivity contribution in [1.29, 1.82) is 0 Å². The Morgan fingerprint density at radius 1 is 0.881 bits per heavy atom. The van der Waals surface area contributed by atoms with Crippen molar-refractivity contribution < 1.29 is 33.4 Å². The van der Waals surface area contributed by atoms with Gasteiger partial charge in [-0.15, -0.1) is 0 Å². The molecule has 1 aromatic carbocycles. The lowest BCUT2D eigenvalue weighted by Gasteiger charge is -2.26. The number of nitrogens with one attached hydrogen (secondary N) is 3. The molecular formula is C30H47IN4O7. The Labute approximate surface area is 262 Å². The summed E-state index contributed by atoms with van der Waals surface area (Å²) in [7, 11) is 0. The number of ketones is 1. The molecule has 5 N–H and O–H groups in total. The molecule has 0 aliphatic rings. The van der Waals surface area contributed by atoms with Crippen molar-refractivity contribution in [2.24, 2.45) is 5.73 Å². The molecule has 1 aromatic rings. The number of nitrogens with two attached hydrogens (primary N) is 1. The van der Waals surface area contributed by atoms with Gasteiger partial charge in [0.1, 0.15) is 17.2 Å². The number of esters is 2. The molecule has 0 saturated heterocycles. The highest BCUT2D eigenvalue weighted by atomic mass is 127. The second-order valence-electron chi connectivity index (χ2n) is 12.2. The first-order valence-electron chi connectivity index (χ1n) is 14.2. The Kier molecular flexibility index (Phi) is 15.4. The summed E-state index contributed by atoms with van der Waals surface area (Å²) in [6.45, 7) is 12.0. The lowest BCUT2D eigenvalue weighted by Crippen LogP contribution is -2.52. The Balaban J connectivity index is 2.60. The topological polar surface area (TPSA) is 166 Å². The van der Waals surface area contributed by atoms with Crippen molar-refractivity contribution in [3.05, 3.63) is 33.4 Å². The minimum Gasteiger partial charge on any atom is -0.460 e. The van der Waals surface area contributed by atoms with E-state index in [1.54, 1.807) is 41.5 Å². The van der Waals surface area contributed by atoms with E-state index in [0.29, 0.717) is 32.2 Å². The van der Waals surface area contributed by atoms with Gasteiger partial charge in [0.05, 0.1) is 12.1 Å². The van der Waals surface area contributed by atoms with E-state index in [-0.39, 0.29) is 24.5 Å². The van der Waals surface area contributed by atoms with Crippen LogP contribution in [0.1, 0.15) is 86.1 Å². The summed E-state index contributed by atoms with van der Waals surface area (Å²) in [5.74, 6) is -1.72. The normalized spacial score (nSPS) is 13.7. The van der Waals surface area contributed by atoms with Crippen LogP contribution in [0.15, 0.2) is 24.3 Å². The summed E-state index contributed by atoms with van der Waals surface area (Å²) in [5, 5.41) is 7.97. The van der Waals surface area contributed by atoms with Gasteiger partial charge < -0.3 is 31.2 Å². The number of ether oxygens (including phenoxy) is 2. The largest absolute Gasteiger partial charge is 0.460 e. The molecule has 0 saturated carbocycles. The van der Waals surface area contributed by atoms with Gasteiger partial charge in [0.2, 0.25) is 5.91 Å². The van der Waals surface area contributed by atoms with Crippen LogP contribution in [0.2, 0.25) is 0 Å². The molecule has 3 amide bonds. The number of carbonyl (C=O) groups excluding carboxylic acids is 5. The zero-order valence-corrected chi connectivity index (χ0v) is 28.0. The number of benzene rings is 1. The maximum Gasteiger partial charge on any atom is 0.329 e. The van der Waals surface area contributed by atoms with E-state index in [4.69, 9.17) is 15.2 Å². The first-order chi connectivity index (χ1) is 19.4. The molecule has 236 valence electrons. The summed E-state index contributed by atoms with van der Waals surface area (Å²) in [4.78, 5) is 62.3. The molecule has 0 aromatic heterocycles. The minimum absolute atomic E-state index is 0.0345. The lowest BCUT2D eigenvalue weighted by atomic mass is 10.1. The van der Waals surface area contributed by atoms with Crippen LogP contribution in [0.5, 0.6) is 0 Å². The molecule has 12 heteroatoms. The van der Waals surface area contributed by atoms with Crippen LogP contribution in [0.4, 0.5) is 4.79 Å². The van der Waals surface area contributed by atoms with Crippen molar-refractivity contribution in [2.45, 2.75) is 116 Å². The van der Waals surface area contributed by atoms with Crippen LogP contribution in [0, 0.1) is 3.57 Å². The highest BCUT2D eigenvalue weighted by Gasteiger charge is 2.29. The van der Waals surface area contributed by atoms with E-state index in [1.165, 1.54) is 6.92 Å². The van der Waals surface area contributed by atoms with Gasteiger partial charge in [-0.25, -0.2) is 9.59 Å². The van der Waals surface area contributed by atoms with Crippen molar-refractivity contribution >= 4 is 52.3 Å². The number of halogens is 1. The summed E-state index contributed by atoms with van der Waals surface area (Å²) in [5.41, 5.74) is 5.58. The third-order valence-electron chi connectivity index (χ3n) is 5.80. The van der Waals surface area contributed by atoms with Crippen molar-refractivity contribution in [1.82, 2.24) is 16.0 Å². The van der Waals surface area contributed by atoms with E-state index < -0.39 is 47.3 Å². The molecule has 0 radical (unpaired) electrons. The standard InChI is InChI=1S/C30H47IN4O7/c1-19(36)23(14-10-11-17-33-26(38)22(32)18-20-12-8-9-13-21(20)31)34-28(40)35-24(27(39)42-30(5,6)7)15-16-25(37)41-29(2,3)4/h8-9,12-13,22-24H,10-11,14-18,32H2,1-7H3,(H,33,38)(H2,34,35,40)/t22-,23-,24-/m0/s1. The highest BCUT2D eigenvalue weighted by Crippen LogP contribution is 2.15. The van der Waals surface area contributed by atoms with Crippen LogP contribution in [0.3, 0.4) is 0 Å². The van der Waals surface area contributed by atoms with Gasteiger partial charge in [-0.1, -0.05) is 18.2 Å². The number of Topliss-reactive ketones (excluding diaryl/α,β-unsaturated/α-hetero) is 1. The Morgan fingerprint density at radius 3 is 2.05 bits per heavy atom. The fraction of sp³-hybridized carbons (Fsp3) is 0.633. The summed E-state index contributed by atoms with van der Waals surface area (Å²) in [6.07, 6.45) is 1.74. The van der Waals surface area contributed by atoms with Gasteiger partial charge in [0.15, 0.2) is 5.78 Å². The van der Waals surface area contributed by atoms with Crippen molar-refractivity contribution in [3.8, 4) is 0 Å². The monoisotopic (exact) mass is 702 g/mol. The van der Waals surface area contributed by atoms with E-state index >= 15 is 0 Å². The van der Waals surface area contributed by atoms with Crippen LogP contribution in [0.25, 0.3) is 0 Å². The Hall–Kier alpha value is -2.74. The first kappa shape index (κ1) is 37.3. The number of rotatable bonds is 15. The molecule has 0 bridgehead atoms. The van der Waals surface area contributed by atoms with Crippen LogP contribution in [-0.2, 0) is 35.1 Å². The number of amides is 3. The van der Waals surface area contributed by atoms with Crippen LogP contribution in [-0.4, -0.2) is 65.5 Å². The van der Waals surface area contributed by atoms with Gasteiger partial charge in [-0.05, 0) is 115 Å². The van der Waals surface area contributed by atoms with Crippen LogP contribution < -0.4 is 21.7 Å². The zero-order chi connectivity index (χ0) is 32.1. The van der Waals surface area contributed by atoms with Gasteiger partial charge >= 0.3 is 18.0 Å². The number of carbonyl (C=O) groups is 5. The second kappa shape index (κ2) is 17.4. The van der Waals surface area contributed by atoms with E-state index in [2.05, 4.69) is 38.5 Å². The smallest absolute Gasteiger partial charge is 0.329 e. The predicted molar refractivity (Wildman–Crippen MR) is 169 cm³/mol. The average Bonchev–Trinajstić information content (AvgIpc) is 2.84. The van der Waals surface area contributed by atoms with Gasteiger partial charge in [0.25, 0.3) is 0 Å². The third kappa shape index (κ3) is 16.0. The Morgan fingerprint density at radius 2 is 1.48 bits per heavy atom. The average molecular weight is 703 g/mol. The molecule has 0 aliphatic heterocycles. The minimum atomic E-state index is -1.12. The maximum atomic E-state index is 12.8. The van der Waals surface area contributed by atoms with E-state index in [9.17, 15) is 24.0 Å². The van der Waals surface area contributed by atoms with Gasteiger partial charge in [-0.2, -0.15) is 0 Å². The molecule has 1 rings (SSSR count). The fourth-order valence-corrected chi connectivity index (χ4v) is 4.43. The molecule has 3 atom stereocenters. The highest BCUT2D eigenvalue weighted by molar-refractivity contribution is 14.1. The maximum absolute atomic E-state index is 12.8. The molecular weight excluding hydrogens is 655 g/mol. The molecule has 0 fully saturated rings. The zero-order valence-electron chi connectivity index (χ0n) is 25.8.